The molecule has 0 fully saturated rings. The molecule has 2 aromatic carbocycles. The van der Waals surface area contributed by atoms with Gasteiger partial charge in [0.15, 0.2) is 0 Å². The second-order valence-electron chi connectivity index (χ2n) is 7.01. The smallest absolute Gasteiger partial charge is 0.255 e. The largest absolute Gasteiger partial charge is 0.358 e. The molecule has 3 nitrogen and oxygen atoms in total. The average Bonchev–Trinajstić information content (AvgIpc) is 2.92. The first-order valence-corrected chi connectivity index (χ1v) is 8.61. The Labute approximate surface area is 142 Å². The van der Waals surface area contributed by atoms with E-state index < -0.39 is 0 Å². The Morgan fingerprint density at radius 1 is 1.21 bits per heavy atom. The molecule has 122 valence electrons. The number of amides is 1. The number of anilines is 1. The summed E-state index contributed by atoms with van der Waals surface area (Å²) in [5.74, 6) is 0.655. The molecular formula is C21H22N2O. The predicted octanol–water partition coefficient (Wildman–Crippen LogP) is 4.85. The van der Waals surface area contributed by atoms with Gasteiger partial charge in [-0.1, -0.05) is 19.1 Å². The molecule has 0 unspecified atom stereocenters. The van der Waals surface area contributed by atoms with Gasteiger partial charge < -0.3 is 10.3 Å². The number of aromatic amines is 1. The summed E-state index contributed by atoms with van der Waals surface area (Å²) < 4.78 is 0. The molecule has 2 N–H and O–H groups in total. The Bertz CT molecular complexity index is 923. The van der Waals surface area contributed by atoms with Gasteiger partial charge in [-0.3, -0.25) is 4.79 Å². The van der Waals surface area contributed by atoms with Gasteiger partial charge >= 0.3 is 0 Å². The van der Waals surface area contributed by atoms with E-state index in [0.717, 1.165) is 29.6 Å². The zero-order chi connectivity index (χ0) is 16.7. The first kappa shape index (κ1) is 15.0. The van der Waals surface area contributed by atoms with Gasteiger partial charge in [0.1, 0.15) is 0 Å². The maximum absolute atomic E-state index is 12.6. The summed E-state index contributed by atoms with van der Waals surface area (Å²) >= 11 is 0. The number of hydrogen-bond donors (Lipinski definition) is 2. The number of nitrogens with one attached hydrogen (secondary N) is 2. The number of aromatic nitrogens is 1. The van der Waals surface area contributed by atoms with Gasteiger partial charge in [0.2, 0.25) is 0 Å². The van der Waals surface area contributed by atoms with E-state index >= 15 is 0 Å². The lowest BCUT2D eigenvalue weighted by Gasteiger charge is -2.18. The van der Waals surface area contributed by atoms with E-state index in [1.54, 1.807) is 0 Å². The standard InChI is InChI=1S/C21H22N2O/c1-13-4-3-5-16(10-13)22-21(24)15-7-9-20-18(12-15)17-11-14(2)6-8-19(17)23-20/h3-5,7,9-10,12,14,23H,6,8,11H2,1-2H3,(H,22,24)/t14-/m0/s1. The SMILES string of the molecule is Cc1cccc(NC(=O)c2ccc3[nH]c4c(c3c2)C[C@@H](C)CC4)c1. The van der Waals surface area contributed by atoms with Crippen LogP contribution in [0.15, 0.2) is 42.5 Å². The fourth-order valence-electron chi connectivity index (χ4n) is 3.66. The van der Waals surface area contributed by atoms with Gasteiger partial charge in [0, 0.05) is 27.8 Å². The zero-order valence-electron chi connectivity index (χ0n) is 14.1. The molecule has 1 aliphatic carbocycles. The third-order valence-corrected chi connectivity index (χ3v) is 4.97. The van der Waals surface area contributed by atoms with Crippen LogP contribution in [0.2, 0.25) is 0 Å². The minimum absolute atomic E-state index is 0.0543. The van der Waals surface area contributed by atoms with Crippen LogP contribution in [0.1, 0.15) is 40.5 Å². The predicted molar refractivity (Wildman–Crippen MR) is 98.6 cm³/mol. The van der Waals surface area contributed by atoms with Crippen LogP contribution in [0.3, 0.4) is 0 Å². The second kappa shape index (κ2) is 5.82. The maximum Gasteiger partial charge on any atom is 0.255 e. The molecular weight excluding hydrogens is 296 g/mol. The van der Waals surface area contributed by atoms with Crippen LogP contribution < -0.4 is 5.32 Å². The number of aryl methyl sites for hydroxylation is 2. The Morgan fingerprint density at radius 3 is 2.92 bits per heavy atom. The highest BCUT2D eigenvalue weighted by molar-refractivity contribution is 6.06. The maximum atomic E-state index is 12.6. The minimum atomic E-state index is -0.0543. The summed E-state index contributed by atoms with van der Waals surface area (Å²) in [7, 11) is 0. The Balaban J connectivity index is 1.67. The van der Waals surface area contributed by atoms with Crippen molar-refractivity contribution in [1.29, 1.82) is 0 Å². The molecule has 0 saturated carbocycles. The van der Waals surface area contributed by atoms with Crippen molar-refractivity contribution in [3.63, 3.8) is 0 Å². The fraction of sp³-hybridized carbons (Fsp3) is 0.286. The van der Waals surface area contributed by atoms with Crippen molar-refractivity contribution >= 4 is 22.5 Å². The monoisotopic (exact) mass is 318 g/mol. The third kappa shape index (κ3) is 2.71. The van der Waals surface area contributed by atoms with E-state index in [0.29, 0.717) is 11.5 Å². The Morgan fingerprint density at radius 2 is 2.08 bits per heavy atom. The van der Waals surface area contributed by atoms with Gasteiger partial charge in [-0.15, -0.1) is 0 Å². The number of rotatable bonds is 2. The lowest BCUT2D eigenvalue weighted by molar-refractivity contribution is 0.102. The van der Waals surface area contributed by atoms with Crippen LogP contribution in [0, 0.1) is 12.8 Å². The van der Waals surface area contributed by atoms with Gasteiger partial charge in [0.05, 0.1) is 0 Å². The van der Waals surface area contributed by atoms with Crippen molar-refractivity contribution in [2.75, 3.05) is 5.32 Å². The molecule has 0 spiro atoms. The minimum Gasteiger partial charge on any atom is -0.358 e. The van der Waals surface area contributed by atoms with Crippen molar-refractivity contribution in [3.05, 3.63) is 64.8 Å². The molecule has 4 rings (SSSR count). The van der Waals surface area contributed by atoms with Crippen molar-refractivity contribution < 1.29 is 4.79 Å². The van der Waals surface area contributed by atoms with Crippen LogP contribution in [0.4, 0.5) is 5.69 Å². The van der Waals surface area contributed by atoms with Crippen molar-refractivity contribution in [1.82, 2.24) is 4.98 Å². The molecule has 24 heavy (non-hydrogen) atoms. The van der Waals surface area contributed by atoms with Crippen LogP contribution in [0.25, 0.3) is 10.9 Å². The van der Waals surface area contributed by atoms with Gasteiger partial charge in [-0.05, 0) is 73.6 Å². The second-order valence-corrected chi connectivity index (χ2v) is 7.01. The molecule has 3 aromatic rings. The highest BCUT2D eigenvalue weighted by Crippen LogP contribution is 2.32. The molecule has 0 saturated heterocycles. The summed E-state index contributed by atoms with van der Waals surface area (Å²) in [6, 6.07) is 13.8. The summed E-state index contributed by atoms with van der Waals surface area (Å²) in [5, 5.41) is 4.20. The average molecular weight is 318 g/mol. The Kier molecular flexibility index (Phi) is 3.64. The molecule has 0 bridgehead atoms. The quantitative estimate of drug-likeness (QED) is 0.697. The lowest BCUT2D eigenvalue weighted by atomic mass is 9.87. The number of fused-ring (bicyclic) bond motifs is 3. The summed E-state index contributed by atoms with van der Waals surface area (Å²) in [6.45, 7) is 4.32. The topological polar surface area (TPSA) is 44.9 Å². The number of carbonyl (C=O) groups is 1. The van der Waals surface area contributed by atoms with Crippen LogP contribution in [-0.2, 0) is 12.8 Å². The third-order valence-electron chi connectivity index (χ3n) is 4.97. The molecule has 1 amide bonds. The van der Waals surface area contributed by atoms with Crippen molar-refractivity contribution in [3.8, 4) is 0 Å². The molecule has 3 heteroatoms. The van der Waals surface area contributed by atoms with Crippen molar-refractivity contribution in [2.24, 2.45) is 5.92 Å². The highest BCUT2D eigenvalue weighted by Gasteiger charge is 2.20. The van der Waals surface area contributed by atoms with Gasteiger partial charge in [-0.25, -0.2) is 0 Å². The lowest BCUT2D eigenvalue weighted by Crippen LogP contribution is -2.12. The normalized spacial score (nSPS) is 16.8. The molecule has 1 aliphatic rings. The molecule has 1 heterocycles. The first-order chi connectivity index (χ1) is 11.6. The van der Waals surface area contributed by atoms with Crippen LogP contribution in [0.5, 0.6) is 0 Å². The van der Waals surface area contributed by atoms with E-state index in [1.165, 1.54) is 23.1 Å². The van der Waals surface area contributed by atoms with Crippen LogP contribution in [-0.4, -0.2) is 10.9 Å². The van der Waals surface area contributed by atoms with E-state index in [-0.39, 0.29) is 5.91 Å². The summed E-state index contributed by atoms with van der Waals surface area (Å²) in [6.07, 6.45) is 3.44. The number of H-pyrrole nitrogens is 1. The highest BCUT2D eigenvalue weighted by atomic mass is 16.1. The molecule has 0 aliphatic heterocycles. The molecule has 1 aromatic heterocycles. The van der Waals surface area contributed by atoms with E-state index in [4.69, 9.17) is 0 Å². The van der Waals surface area contributed by atoms with Crippen LogP contribution >= 0.6 is 0 Å². The first-order valence-electron chi connectivity index (χ1n) is 8.61. The summed E-state index contributed by atoms with van der Waals surface area (Å²) in [5.41, 5.74) is 6.57. The number of carbonyl (C=O) groups excluding carboxylic acids is 1. The molecule has 1 atom stereocenters. The van der Waals surface area contributed by atoms with Crippen molar-refractivity contribution in [2.45, 2.75) is 33.1 Å². The zero-order valence-corrected chi connectivity index (χ0v) is 14.1. The van der Waals surface area contributed by atoms with E-state index in [2.05, 4.69) is 17.2 Å². The van der Waals surface area contributed by atoms with E-state index in [1.807, 2.05) is 49.4 Å². The fourth-order valence-corrected chi connectivity index (χ4v) is 3.66. The molecule has 0 radical (unpaired) electrons. The van der Waals surface area contributed by atoms with E-state index in [9.17, 15) is 4.79 Å². The Hall–Kier alpha value is -2.55. The number of hydrogen-bond acceptors (Lipinski definition) is 1. The summed E-state index contributed by atoms with van der Waals surface area (Å²) in [4.78, 5) is 16.1. The van der Waals surface area contributed by atoms with Gasteiger partial charge in [-0.2, -0.15) is 0 Å². The number of benzene rings is 2. The van der Waals surface area contributed by atoms with Gasteiger partial charge in [0.25, 0.3) is 5.91 Å².